The zero-order valence-electron chi connectivity index (χ0n) is 13.3. The maximum Gasteiger partial charge on any atom is 0.102 e. The Kier molecular flexibility index (Phi) is 5.24. The van der Waals surface area contributed by atoms with Crippen molar-refractivity contribution in [1.82, 2.24) is 15.0 Å². The molecule has 1 heterocycles. The molecule has 0 aliphatic rings. The van der Waals surface area contributed by atoms with Gasteiger partial charge in [0.15, 0.2) is 0 Å². The first kappa shape index (κ1) is 17.0. The fourth-order valence-corrected chi connectivity index (χ4v) is 2.76. The highest BCUT2D eigenvalue weighted by Gasteiger charge is 2.15. The van der Waals surface area contributed by atoms with E-state index >= 15 is 0 Å². The van der Waals surface area contributed by atoms with Gasteiger partial charge in [-0.1, -0.05) is 22.9 Å². The van der Waals surface area contributed by atoms with Crippen LogP contribution in [0.3, 0.4) is 0 Å². The predicted octanol–water partition coefficient (Wildman–Crippen LogP) is 3.18. The fourth-order valence-electron chi connectivity index (χ4n) is 1.93. The summed E-state index contributed by atoms with van der Waals surface area (Å²) in [7, 11) is -0.875. The van der Waals surface area contributed by atoms with Crippen molar-refractivity contribution in [3.63, 3.8) is 0 Å². The summed E-state index contributed by atoms with van der Waals surface area (Å²) in [6.45, 7) is 6.76. The lowest BCUT2D eigenvalue weighted by molar-refractivity contribution is 0.347. The Hall–Kier alpha value is -1.40. The Labute approximate surface area is 138 Å². The molecule has 1 atom stereocenters. The molecule has 1 aromatic carbocycles. The van der Waals surface area contributed by atoms with Gasteiger partial charge in [-0.05, 0) is 38.5 Å². The molecule has 0 fully saturated rings. The summed E-state index contributed by atoms with van der Waals surface area (Å²) < 4.78 is 13.2. The molecule has 0 amide bonds. The molecule has 2 aromatic rings. The number of benzene rings is 1. The standard InChI is InChI=1S/C15H21ClN4OS/c1-15(2,3)20-9-12(18-19-20)8-17-14-7-11(10-22(4)21)5-6-13(14)16/h5-7,9,17H,8,10H2,1-4H3. The average molecular weight is 341 g/mol. The molecule has 0 saturated carbocycles. The van der Waals surface area contributed by atoms with E-state index < -0.39 is 10.8 Å². The Morgan fingerprint density at radius 2 is 2.09 bits per heavy atom. The van der Waals surface area contributed by atoms with Crippen LogP contribution in [0.5, 0.6) is 0 Å². The van der Waals surface area contributed by atoms with Crippen LogP contribution in [0.4, 0.5) is 5.69 Å². The molecule has 1 N–H and O–H groups in total. The number of hydrogen-bond acceptors (Lipinski definition) is 4. The van der Waals surface area contributed by atoms with Crippen LogP contribution in [0, 0.1) is 0 Å². The molecule has 1 unspecified atom stereocenters. The van der Waals surface area contributed by atoms with E-state index in [1.165, 1.54) is 0 Å². The number of nitrogens with one attached hydrogen (secondary N) is 1. The summed E-state index contributed by atoms with van der Waals surface area (Å²) in [4.78, 5) is 0. The van der Waals surface area contributed by atoms with Crippen molar-refractivity contribution in [3.05, 3.63) is 40.7 Å². The quantitative estimate of drug-likeness (QED) is 0.908. The van der Waals surface area contributed by atoms with Crippen LogP contribution in [0.1, 0.15) is 32.0 Å². The predicted molar refractivity (Wildman–Crippen MR) is 91.6 cm³/mol. The van der Waals surface area contributed by atoms with Crippen LogP contribution < -0.4 is 5.32 Å². The zero-order valence-corrected chi connectivity index (χ0v) is 14.8. The molecular weight excluding hydrogens is 320 g/mol. The minimum Gasteiger partial charge on any atom is -0.378 e. The monoisotopic (exact) mass is 340 g/mol. The van der Waals surface area contributed by atoms with Crippen LogP contribution in [0.25, 0.3) is 0 Å². The molecule has 120 valence electrons. The van der Waals surface area contributed by atoms with E-state index in [4.69, 9.17) is 11.6 Å². The van der Waals surface area contributed by atoms with E-state index in [2.05, 4.69) is 36.4 Å². The van der Waals surface area contributed by atoms with Crippen LogP contribution in [0.15, 0.2) is 24.4 Å². The summed E-state index contributed by atoms with van der Waals surface area (Å²) in [6, 6.07) is 5.64. The third-order valence-corrected chi connectivity index (χ3v) is 4.16. The third-order valence-electron chi connectivity index (χ3n) is 3.09. The zero-order chi connectivity index (χ0) is 16.3. The van der Waals surface area contributed by atoms with E-state index in [-0.39, 0.29) is 5.54 Å². The second-order valence-corrected chi connectivity index (χ2v) is 8.05. The summed E-state index contributed by atoms with van der Waals surface area (Å²) >= 11 is 6.20. The number of aromatic nitrogens is 3. The lowest BCUT2D eigenvalue weighted by atomic mass is 10.1. The highest BCUT2D eigenvalue weighted by Crippen LogP contribution is 2.24. The van der Waals surface area contributed by atoms with Crippen molar-refractivity contribution >= 4 is 28.1 Å². The van der Waals surface area contributed by atoms with Crippen molar-refractivity contribution in [2.45, 2.75) is 38.6 Å². The SMILES string of the molecule is CS(=O)Cc1ccc(Cl)c(NCc2cn(C(C)(C)C)nn2)c1. The van der Waals surface area contributed by atoms with Gasteiger partial charge in [0.1, 0.15) is 5.69 Å². The minimum absolute atomic E-state index is 0.0893. The number of hydrogen-bond donors (Lipinski definition) is 1. The Balaban J connectivity index is 2.07. The third kappa shape index (κ3) is 4.55. The Morgan fingerprint density at radius 3 is 2.68 bits per heavy atom. The molecule has 0 aliphatic heterocycles. The van der Waals surface area contributed by atoms with Gasteiger partial charge in [-0.2, -0.15) is 0 Å². The van der Waals surface area contributed by atoms with Crippen molar-refractivity contribution in [1.29, 1.82) is 0 Å². The summed E-state index contributed by atoms with van der Waals surface area (Å²) in [5.74, 6) is 0.520. The maximum absolute atomic E-state index is 11.3. The molecule has 22 heavy (non-hydrogen) atoms. The first-order valence-electron chi connectivity index (χ1n) is 7.00. The van der Waals surface area contributed by atoms with Crippen molar-refractivity contribution in [3.8, 4) is 0 Å². The summed E-state index contributed by atoms with van der Waals surface area (Å²) in [5.41, 5.74) is 2.56. The van der Waals surface area contributed by atoms with Gasteiger partial charge in [0, 0.05) is 22.8 Å². The molecule has 1 aromatic heterocycles. The average Bonchev–Trinajstić information content (AvgIpc) is 2.87. The molecular formula is C15H21ClN4OS. The van der Waals surface area contributed by atoms with Crippen LogP contribution in [-0.4, -0.2) is 25.5 Å². The number of halogens is 1. The Bertz CT molecular complexity index is 678. The first-order valence-corrected chi connectivity index (χ1v) is 9.10. The molecule has 5 nitrogen and oxygen atoms in total. The lowest BCUT2D eigenvalue weighted by Crippen LogP contribution is -2.22. The molecule has 7 heteroatoms. The first-order chi connectivity index (χ1) is 10.3. The van der Waals surface area contributed by atoms with Gasteiger partial charge < -0.3 is 5.32 Å². The van der Waals surface area contributed by atoms with Gasteiger partial charge in [-0.15, -0.1) is 5.10 Å². The smallest absolute Gasteiger partial charge is 0.102 e. The molecule has 0 spiro atoms. The molecule has 0 radical (unpaired) electrons. The highest BCUT2D eigenvalue weighted by molar-refractivity contribution is 7.83. The molecule has 0 aliphatic carbocycles. The van der Waals surface area contributed by atoms with E-state index in [0.717, 1.165) is 16.9 Å². The van der Waals surface area contributed by atoms with Crippen LogP contribution in [0.2, 0.25) is 5.02 Å². The molecule has 0 saturated heterocycles. The van der Waals surface area contributed by atoms with Crippen LogP contribution in [-0.2, 0) is 28.6 Å². The second kappa shape index (κ2) is 6.79. The number of rotatable bonds is 5. The second-order valence-electron chi connectivity index (χ2n) is 6.21. The van der Waals surface area contributed by atoms with E-state index in [1.54, 1.807) is 6.26 Å². The highest BCUT2D eigenvalue weighted by atomic mass is 35.5. The van der Waals surface area contributed by atoms with Crippen molar-refractivity contribution in [2.24, 2.45) is 0 Å². The maximum atomic E-state index is 11.3. The largest absolute Gasteiger partial charge is 0.378 e. The van der Waals surface area contributed by atoms with Crippen molar-refractivity contribution in [2.75, 3.05) is 11.6 Å². The van der Waals surface area contributed by atoms with Gasteiger partial charge in [-0.25, -0.2) is 4.68 Å². The topological polar surface area (TPSA) is 59.8 Å². The summed E-state index contributed by atoms with van der Waals surface area (Å²) in [6.07, 6.45) is 3.61. The normalized spacial score (nSPS) is 13.1. The lowest BCUT2D eigenvalue weighted by Gasteiger charge is -2.17. The fraction of sp³-hybridized carbons (Fsp3) is 0.467. The molecule has 0 bridgehead atoms. The minimum atomic E-state index is -0.875. The van der Waals surface area contributed by atoms with Crippen LogP contribution >= 0.6 is 11.6 Å². The van der Waals surface area contributed by atoms with E-state index in [1.807, 2.05) is 29.1 Å². The molecule has 2 rings (SSSR count). The van der Waals surface area contributed by atoms with Gasteiger partial charge in [0.05, 0.1) is 29.0 Å². The van der Waals surface area contributed by atoms with Gasteiger partial charge >= 0.3 is 0 Å². The Morgan fingerprint density at radius 1 is 1.36 bits per heavy atom. The van der Waals surface area contributed by atoms with E-state index in [0.29, 0.717) is 17.3 Å². The van der Waals surface area contributed by atoms with Gasteiger partial charge in [0.25, 0.3) is 0 Å². The number of nitrogens with zero attached hydrogens (tertiary/aromatic N) is 3. The van der Waals surface area contributed by atoms with Crippen molar-refractivity contribution < 1.29 is 4.21 Å². The van der Waals surface area contributed by atoms with E-state index in [9.17, 15) is 4.21 Å². The number of anilines is 1. The van der Waals surface area contributed by atoms with Gasteiger partial charge in [-0.3, -0.25) is 4.21 Å². The summed E-state index contributed by atoms with van der Waals surface area (Å²) in [5, 5.41) is 12.2. The van der Waals surface area contributed by atoms with Gasteiger partial charge in [0.2, 0.25) is 0 Å².